The van der Waals surface area contributed by atoms with Crippen molar-refractivity contribution in [3.05, 3.63) is 34.4 Å². The molecule has 1 atom stereocenters. The summed E-state index contributed by atoms with van der Waals surface area (Å²) in [7, 11) is 0. The molecule has 1 aliphatic heterocycles. The van der Waals surface area contributed by atoms with E-state index in [2.05, 4.69) is 52.1 Å². The van der Waals surface area contributed by atoms with Gasteiger partial charge >= 0.3 is 0 Å². The third-order valence-corrected chi connectivity index (χ3v) is 3.74. The molecule has 0 saturated carbocycles. The molecular formula is C14H21N. The zero-order chi connectivity index (χ0) is 11.2. The second-order valence-corrected chi connectivity index (χ2v) is 5.60. The Morgan fingerprint density at radius 2 is 1.67 bits per heavy atom. The first-order chi connectivity index (χ1) is 6.92. The van der Waals surface area contributed by atoms with E-state index in [1.165, 1.54) is 22.3 Å². The maximum atomic E-state index is 3.54. The van der Waals surface area contributed by atoms with Gasteiger partial charge in [-0.2, -0.15) is 0 Å². The molecule has 1 aliphatic rings. The average molecular weight is 203 g/mol. The summed E-state index contributed by atoms with van der Waals surface area (Å²) in [5.74, 6) is 0. The van der Waals surface area contributed by atoms with Crippen LogP contribution in [-0.4, -0.2) is 6.54 Å². The van der Waals surface area contributed by atoms with Gasteiger partial charge in [-0.3, -0.25) is 0 Å². The van der Waals surface area contributed by atoms with Crippen molar-refractivity contribution in [1.29, 1.82) is 0 Å². The average Bonchev–Trinajstić information content (AvgIpc) is 2.12. The van der Waals surface area contributed by atoms with E-state index < -0.39 is 0 Å². The molecule has 0 aliphatic carbocycles. The maximum Gasteiger partial charge on any atom is 0.0387 e. The molecular weight excluding hydrogens is 182 g/mol. The molecule has 0 amide bonds. The van der Waals surface area contributed by atoms with Crippen LogP contribution in [0.2, 0.25) is 0 Å². The molecule has 1 heteroatoms. The maximum absolute atomic E-state index is 3.54. The zero-order valence-electron chi connectivity index (χ0n) is 10.4. The van der Waals surface area contributed by atoms with E-state index in [1.807, 2.05) is 0 Å². The van der Waals surface area contributed by atoms with Crippen molar-refractivity contribution in [3.63, 3.8) is 0 Å². The highest BCUT2D eigenvalue weighted by atomic mass is 15.0. The minimum Gasteiger partial charge on any atom is -0.309 e. The van der Waals surface area contributed by atoms with Crippen LogP contribution in [-0.2, 0) is 0 Å². The van der Waals surface area contributed by atoms with Gasteiger partial charge in [-0.25, -0.2) is 0 Å². The van der Waals surface area contributed by atoms with Gasteiger partial charge in [0.15, 0.2) is 0 Å². The first kappa shape index (κ1) is 10.7. The zero-order valence-corrected chi connectivity index (χ0v) is 10.4. The molecule has 1 aromatic rings. The van der Waals surface area contributed by atoms with E-state index in [1.54, 1.807) is 0 Å². The van der Waals surface area contributed by atoms with E-state index in [9.17, 15) is 0 Å². The number of aryl methyl sites for hydroxylation is 3. The lowest BCUT2D eigenvalue weighted by Crippen LogP contribution is -2.52. The minimum atomic E-state index is 0.409. The third-order valence-electron chi connectivity index (χ3n) is 3.74. The standard InChI is InChI=1S/C14H21N/c1-9-6-11(3)12(7-10(9)2)13-14(4,5)8-15-13/h6-7,13,15H,8H2,1-5H3. The quantitative estimate of drug-likeness (QED) is 0.738. The van der Waals surface area contributed by atoms with Crippen LogP contribution in [0.3, 0.4) is 0 Å². The molecule has 1 fully saturated rings. The Bertz CT molecular complexity index is 391. The SMILES string of the molecule is Cc1cc(C)c(C2NCC2(C)C)cc1C. The second-order valence-electron chi connectivity index (χ2n) is 5.60. The molecule has 2 rings (SSSR count). The van der Waals surface area contributed by atoms with Gasteiger partial charge in [0.2, 0.25) is 0 Å². The van der Waals surface area contributed by atoms with E-state index in [4.69, 9.17) is 0 Å². The van der Waals surface area contributed by atoms with Crippen LogP contribution in [0.15, 0.2) is 12.1 Å². The van der Waals surface area contributed by atoms with Gasteiger partial charge in [0.1, 0.15) is 0 Å². The van der Waals surface area contributed by atoms with Gasteiger partial charge in [-0.15, -0.1) is 0 Å². The largest absolute Gasteiger partial charge is 0.309 e. The fourth-order valence-corrected chi connectivity index (χ4v) is 2.44. The van der Waals surface area contributed by atoms with Gasteiger partial charge in [0.05, 0.1) is 0 Å². The lowest BCUT2D eigenvalue weighted by molar-refractivity contribution is 0.128. The van der Waals surface area contributed by atoms with Gasteiger partial charge < -0.3 is 5.32 Å². The van der Waals surface area contributed by atoms with Crippen LogP contribution in [0.4, 0.5) is 0 Å². The Morgan fingerprint density at radius 3 is 2.13 bits per heavy atom. The van der Waals surface area contributed by atoms with Crippen molar-refractivity contribution in [3.8, 4) is 0 Å². The Hall–Kier alpha value is -0.820. The van der Waals surface area contributed by atoms with Crippen LogP contribution < -0.4 is 5.32 Å². The highest BCUT2D eigenvalue weighted by Crippen LogP contribution is 2.41. The Morgan fingerprint density at radius 1 is 1.07 bits per heavy atom. The van der Waals surface area contributed by atoms with Crippen LogP contribution in [0.1, 0.15) is 42.1 Å². The van der Waals surface area contributed by atoms with Crippen molar-refractivity contribution < 1.29 is 0 Å². The molecule has 1 heterocycles. The monoisotopic (exact) mass is 203 g/mol. The predicted molar refractivity (Wildman–Crippen MR) is 65.2 cm³/mol. The minimum absolute atomic E-state index is 0.409. The van der Waals surface area contributed by atoms with Crippen molar-refractivity contribution >= 4 is 0 Å². The third kappa shape index (κ3) is 1.69. The number of hydrogen-bond donors (Lipinski definition) is 1. The summed E-state index contributed by atoms with van der Waals surface area (Å²) in [6, 6.07) is 5.20. The molecule has 1 unspecified atom stereocenters. The van der Waals surface area contributed by atoms with Gasteiger partial charge in [-0.05, 0) is 48.4 Å². The van der Waals surface area contributed by atoms with E-state index in [0.717, 1.165) is 6.54 Å². The van der Waals surface area contributed by atoms with Crippen LogP contribution >= 0.6 is 0 Å². The molecule has 1 N–H and O–H groups in total. The summed E-state index contributed by atoms with van der Waals surface area (Å²) in [5, 5.41) is 3.54. The number of benzene rings is 1. The highest BCUT2D eigenvalue weighted by molar-refractivity contribution is 5.40. The second kappa shape index (κ2) is 3.34. The van der Waals surface area contributed by atoms with Gasteiger partial charge in [0, 0.05) is 12.6 Å². The Labute approximate surface area is 92.9 Å². The molecule has 1 nitrogen and oxygen atoms in total. The molecule has 1 aromatic carbocycles. The van der Waals surface area contributed by atoms with Crippen LogP contribution in [0.25, 0.3) is 0 Å². The fraction of sp³-hybridized carbons (Fsp3) is 0.571. The van der Waals surface area contributed by atoms with Crippen molar-refractivity contribution in [1.82, 2.24) is 5.32 Å². The molecule has 15 heavy (non-hydrogen) atoms. The number of nitrogens with one attached hydrogen (secondary N) is 1. The molecule has 0 spiro atoms. The summed E-state index contributed by atoms with van der Waals surface area (Å²) in [5.41, 5.74) is 6.11. The lowest BCUT2D eigenvalue weighted by atomic mass is 9.72. The Kier molecular flexibility index (Phi) is 2.38. The number of hydrogen-bond acceptors (Lipinski definition) is 1. The number of rotatable bonds is 1. The summed E-state index contributed by atoms with van der Waals surface area (Å²) in [6.07, 6.45) is 0. The summed E-state index contributed by atoms with van der Waals surface area (Å²) < 4.78 is 0. The van der Waals surface area contributed by atoms with E-state index >= 15 is 0 Å². The molecule has 0 radical (unpaired) electrons. The predicted octanol–water partition coefficient (Wildman–Crippen LogP) is 3.28. The van der Waals surface area contributed by atoms with Crippen molar-refractivity contribution in [2.45, 2.75) is 40.7 Å². The fourth-order valence-electron chi connectivity index (χ4n) is 2.44. The van der Waals surface area contributed by atoms with Gasteiger partial charge in [0.25, 0.3) is 0 Å². The Balaban J connectivity index is 2.41. The molecule has 0 bridgehead atoms. The van der Waals surface area contributed by atoms with Crippen LogP contribution in [0.5, 0.6) is 0 Å². The topological polar surface area (TPSA) is 12.0 Å². The molecule has 1 saturated heterocycles. The van der Waals surface area contributed by atoms with Crippen molar-refractivity contribution in [2.75, 3.05) is 6.54 Å². The smallest absolute Gasteiger partial charge is 0.0387 e. The first-order valence-corrected chi connectivity index (χ1v) is 5.73. The normalized spacial score (nSPS) is 23.7. The molecule has 0 aromatic heterocycles. The lowest BCUT2D eigenvalue weighted by Gasteiger charge is -2.46. The van der Waals surface area contributed by atoms with Crippen molar-refractivity contribution in [2.24, 2.45) is 5.41 Å². The highest BCUT2D eigenvalue weighted by Gasteiger charge is 2.39. The summed E-state index contributed by atoms with van der Waals surface area (Å²) in [4.78, 5) is 0. The molecule has 82 valence electrons. The van der Waals surface area contributed by atoms with E-state index in [-0.39, 0.29) is 0 Å². The van der Waals surface area contributed by atoms with Crippen LogP contribution in [0, 0.1) is 26.2 Å². The van der Waals surface area contributed by atoms with Gasteiger partial charge in [-0.1, -0.05) is 26.0 Å². The van der Waals surface area contributed by atoms with E-state index in [0.29, 0.717) is 11.5 Å². The first-order valence-electron chi connectivity index (χ1n) is 5.73. The summed E-state index contributed by atoms with van der Waals surface area (Å²) in [6.45, 7) is 12.4. The summed E-state index contributed by atoms with van der Waals surface area (Å²) >= 11 is 0.